The van der Waals surface area contributed by atoms with Gasteiger partial charge in [0.25, 0.3) is 5.91 Å². The maximum Gasteiger partial charge on any atom is 0.260 e. The van der Waals surface area contributed by atoms with Gasteiger partial charge in [0, 0.05) is 13.6 Å². The van der Waals surface area contributed by atoms with E-state index in [1.165, 1.54) is 30.6 Å². The van der Waals surface area contributed by atoms with Crippen LogP contribution in [0.4, 0.5) is 5.69 Å². The van der Waals surface area contributed by atoms with Crippen LogP contribution in [0.2, 0.25) is 0 Å². The SMILES string of the molecule is C[C@H](Oc1ccc(N(C)S(C)(=O)=O)cc1)C(=O)NCCCN1CCCCC1. The predicted molar refractivity (Wildman–Crippen MR) is 108 cm³/mol. The molecule has 1 N–H and O–H groups in total. The molecule has 1 amide bonds. The molecule has 0 radical (unpaired) electrons. The molecular weight excluding hydrogens is 366 g/mol. The molecule has 1 atom stereocenters. The molecule has 0 bridgehead atoms. The Morgan fingerprint density at radius 3 is 2.44 bits per heavy atom. The summed E-state index contributed by atoms with van der Waals surface area (Å²) in [7, 11) is -1.81. The fourth-order valence-corrected chi connectivity index (χ4v) is 3.53. The average molecular weight is 398 g/mol. The molecule has 27 heavy (non-hydrogen) atoms. The molecule has 8 heteroatoms. The highest BCUT2D eigenvalue weighted by Gasteiger charge is 2.16. The Labute approximate surface area is 162 Å². The summed E-state index contributed by atoms with van der Waals surface area (Å²) < 4.78 is 29.9. The van der Waals surface area contributed by atoms with Crippen molar-refractivity contribution in [3.8, 4) is 5.75 Å². The second kappa shape index (κ2) is 9.94. The van der Waals surface area contributed by atoms with E-state index in [4.69, 9.17) is 4.74 Å². The number of piperidine rings is 1. The third-order valence-electron chi connectivity index (χ3n) is 4.78. The van der Waals surface area contributed by atoms with E-state index >= 15 is 0 Å². The lowest BCUT2D eigenvalue weighted by atomic mass is 10.1. The molecule has 0 unspecified atom stereocenters. The quantitative estimate of drug-likeness (QED) is 0.643. The molecule has 0 aromatic heterocycles. The summed E-state index contributed by atoms with van der Waals surface area (Å²) in [6.45, 7) is 5.69. The summed E-state index contributed by atoms with van der Waals surface area (Å²) in [5, 5.41) is 2.91. The van der Waals surface area contributed by atoms with Gasteiger partial charge in [-0.05, 0) is 70.1 Å². The van der Waals surface area contributed by atoms with Crippen LogP contribution in [0.5, 0.6) is 5.75 Å². The van der Waals surface area contributed by atoms with Crippen molar-refractivity contribution in [2.24, 2.45) is 0 Å². The van der Waals surface area contributed by atoms with Crippen LogP contribution in [-0.2, 0) is 14.8 Å². The lowest BCUT2D eigenvalue weighted by Gasteiger charge is -2.26. The zero-order valence-electron chi connectivity index (χ0n) is 16.5. The molecule has 1 aromatic rings. The third kappa shape index (κ3) is 7.03. The Morgan fingerprint density at radius 1 is 1.22 bits per heavy atom. The molecule has 1 aliphatic heterocycles. The van der Waals surface area contributed by atoms with Gasteiger partial charge in [-0.3, -0.25) is 9.10 Å². The largest absolute Gasteiger partial charge is 0.481 e. The normalized spacial score (nSPS) is 16.6. The number of anilines is 1. The van der Waals surface area contributed by atoms with Crippen LogP contribution in [-0.4, -0.2) is 64.8 Å². The van der Waals surface area contributed by atoms with Gasteiger partial charge in [0.15, 0.2) is 6.10 Å². The molecule has 1 saturated heterocycles. The molecule has 0 aliphatic carbocycles. The number of rotatable bonds is 9. The number of carbonyl (C=O) groups excluding carboxylic acids is 1. The maximum atomic E-state index is 12.2. The van der Waals surface area contributed by atoms with Gasteiger partial charge in [0.1, 0.15) is 5.75 Å². The van der Waals surface area contributed by atoms with E-state index in [-0.39, 0.29) is 5.91 Å². The van der Waals surface area contributed by atoms with Crippen LogP contribution in [0, 0.1) is 0 Å². The summed E-state index contributed by atoms with van der Waals surface area (Å²) in [5.74, 6) is 0.377. The topological polar surface area (TPSA) is 78.9 Å². The number of hydrogen-bond donors (Lipinski definition) is 1. The van der Waals surface area contributed by atoms with E-state index < -0.39 is 16.1 Å². The number of ether oxygens (including phenoxy) is 1. The summed E-state index contributed by atoms with van der Waals surface area (Å²) in [4.78, 5) is 14.6. The highest BCUT2D eigenvalue weighted by atomic mass is 32.2. The number of amides is 1. The van der Waals surface area contributed by atoms with Crippen LogP contribution < -0.4 is 14.4 Å². The number of sulfonamides is 1. The van der Waals surface area contributed by atoms with Gasteiger partial charge in [0.05, 0.1) is 11.9 Å². The van der Waals surface area contributed by atoms with Crippen molar-refractivity contribution in [2.75, 3.05) is 43.8 Å². The molecule has 7 nitrogen and oxygen atoms in total. The van der Waals surface area contributed by atoms with Crippen molar-refractivity contribution in [1.82, 2.24) is 10.2 Å². The van der Waals surface area contributed by atoms with Gasteiger partial charge in [-0.1, -0.05) is 6.42 Å². The molecule has 1 fully saturated rings. The Hall–Kier alpha value is -1.80. The maximum absolute atomic E-state index is 12.2. The van der Waals surface area contributed by atoms with Crippen molar-refractivity contribution in [3.05, 3.63) is 24.3 Å². The van der Waals surface area contributed by atoms with E-state index in [0.29, 0.717) is 18.0 Å². The molecule has 0 spiro atoms. The molecule has 152 valence electrons. The van der Waals surface area contributed by atoms with Crippen LogP contribution in [0.1, 0.15) is 32.6 Å². The summed E-state index contributed by atoms with van der Waals surface area (Å²) in [6.07, 6.45) is 5.35. The first-order valence-corrected chi connectivity index (χ1v) is 11.3. The highest BCUT2D eigenvalue weighted by molar-refractivity contribution is 7.92. The zero-order valence-corrected chi connectivity index (χ0v) is 17.3. The van der Waals surface area contributed by atoms with Crippen molar-refractivity contribution in [1.29, 1.82) is 0 Å². The minimum atomic E-state index is -3.30. The molecule has 0 saturated carbocycles. The summed E-state index contributed by atoms with van der Waals surface area (Å²) in [6, 6.07) is 6.63. The minimum Gasteiger partial charge on any atom is -0.481 e. The Bertz CT molecular complexity index is 700. The summed E-state index contributed by atoms with van der Waals surface area (Å²) in [5.41, 5.74) is 0.541. The van der Waals surface area contributed by atoms with Gasteiger partial charge in [-0.2, -0.15) is 0 Å². The number of nitrogens with zero attached hydrogens (tertiary/aromatic N) is 2. The molecule has 1 aromatic carbocycles. The van der Waals surface area contributed by atoms with Crippen LogP contribution in [0.25, 0.3) is 0 Å². The van der Waals surface area contributed by atoms with E-state index in [1.54, 1.807) is 31.2 Å². The van der Waals surface area contributed by atoms with Gasteiger partial charge < -0.3 is 15.0 Å². The fraction of sp³-hybridized carbons (Fsp3) is 0.632. The van der Waals surface area contributed by atoms with Gasteiger partial charge in [-0.25, -0.2) is 8.42 Å². The lowest BCUT2D eigenvalue weighted by molar-refractivity contribution is -0.127. The highest BCUT2D eigenvalue weighted by Crippen LogP contribution is 2.21. The van der Waals surface area contributed by atoms with E-state index in [9.17, 15) is 13.2 Å². The van der Waals surface area contributed by atoms with Crippen LogP contribution >= 0.6 is 0 Å². The van der Waals surface area contributed by atoms with Crippen molar-refractivity contribution in [2.45, 2.75) is 38.7 Å². The van der Waals surface area contributed by atoms with E-state index in [1.807, 2.05) is 0 Å². The monoisotopic (exact) mass is 397 g/mol. The number of likely N-dealkylation sites (tertiary alicyclic amines) is 1. The Kier molecular flexibility index (Phi) is 7.91. The third-order valence-corrected chi connectivity index (χ3v) is 5.98. The average Bonchev–Trinajstić information content (AvgIpc) is 2.65. The molecular formula is C19H31N3O4S. The van der Waals surface area contributed by atoms with Crippen molar-refractivity contribution in [3.63, 3.8) is 0 Å². The molecule has 2 rings (SSSR count). The molecule has 1 heterocycles. The Morgan fingerprint density at radius 2 is 1.85 bits per heavy atom. The molecule has 1 aliphatic rings. The first kappa shape index (κ1) is 21.5. The van der Waals surface area contributed by atoms with Crippen molar-refractivity contribution >= 4 is 21.6 Å². The first-order chi connectivity index (χ1) is 12.8. The van der Waals surface area contributed by atoms with Crippen LogP contribution in [0.15, 0.2) is 24.3 Å². The van der Waals surface area contributed by atoms with Gasteiger partial charge in [0.2, 0.25) is 10.0 Å². The first-order valence-electron chi connectivity index (χ1n) is 9.48. The number of carbonyl (C=O) groups is 1. The summed E-state index contributed by atoms with van der Waals surface area (Å²) >= 11 is 0. The van der Waals surface area contributed by atoms with Crippen molar-refractivity contribution < 1.29 is 17.9 Å². The smallest absolute Gasteiger partial charge is 0.260 e. The van der Waals surface area contributed by atoms with Gasteiger partial charge in [-0.15, -0.1) is 0 Å². The Balaban J connectivity index is 1.73. The standard InChI is InChI=1S/C19H31N3O4S/c1-16(19(23)20-12-7-15-22-13-5-4-6-14-22)26-18-10-8-17(9-11-18)21(2)27(3,24)25/h8-11,16H,4-7,12-15H2,1-3H3,(H,20,23)/t16-/m0/s1. The second-order valence-corrected chi connectivity index (χ2v) is 9.05. The zero-order chi connectivity index (χ0) is 19.9. The number of benzene rings is 1. The van der Waals surface area contributed by atoms with E-state index in [2.05, 4.69) is 10.2 Å². The fourth-order valence-electron chi connectivity index (χ4n) is 3.02. The van der Waals surface area contributed by atoms with Gasteiger partial charge >= 0.3 is 0 Å². The van der Waals surface area contributed by atoms with Crippen LogP contribution in [0.3, 0.4) is 0 Å². The predicted octanol–water partition coefficient (Wildman–Crippen LogP) is 1.84. The minimum absolute atomic E-state index is 0.147. The van der Waals surface area contributed by atoms with E-state index in [0.717, 1.165) is 32.3 Å². The lowest BCUT2D eigenvalue weighted by Crippen LogP contribution is -2.38. The second-order valence-electron chi connectivity index (χ2n) is 7.03. The number of hydrogen-bond acceptors (Lipinski definition) is 5. The number of nitrogens with one attached hydrogen (secondary N) is 1.